The molecule has 0 spiro atoms. The largest absolute Gasteiger partial charge is 0.397 e. The Bertz CT molecular complexity index is 1370. The predicted molar refractivity (Wildman–Crippen MR) is 92.6 cm³/mol. The van der Waals surface area contributed by atoms with Crippen LogP contribution < -0.4 is 33.2 Å². The van der Waals surface area contributed by atoms with Gasteiger partial charge in [-0.05, 0) is 0 Å². The Morgan fingerprint density at radius 1 is 0.833 bits per heavy atom. The average molecular weight is 322 g/mol. The average Bonchev–Trinajstić information content (AvgIpc) is 2.87. The van der Waals surface area contributed by atoms with Crippen LogP contribution in [0.2, 0.25) is 0 Å². The molecule has 0 amide bonds. The van der Waals surface area contributed by atoms with E-state index in [1.807, 2.05) is 0 Å². The molecule has 0 radical (unpaired) electrons. The van der Waals surface area contributed by atoms with E-state index in [9.17, 15) is 19.2 Å². The van der Waals surface area contributed by atoms with Crippen molar-refractivity contribution in [2.75, 3.05) is 18.1 Å². The van der Waals surface area contributed by atoms with Gasteiger partial charge in [0.25, 0.3) is 0 Å². The van der Waals surface area contributed by atoms with Crippen molar-refractivity contribution in [1.29, 1.82) is 0 Å². The first kappa shape index (κ1) is 14.1. The second-order valence-electron chi connectivity index (χ2n) is 5.42. The lowest BCUT2D eigenvalue weighted by Crippen LogP contribution is -2.17. The zero-order chi connectivity index (χ0) is 17.2. The van der Waals surface area contributed by atoms with Crippen LogP contribution in [-0.2, 0) is 0 Å². The highest BCUT2D eigenvalue weighted by molar-refractivity contribution is 6.20. The maximum absolute atomic E-state index is 12.9. The summed E-state index contributed by atoms with van der Waals surface area (Å²) in [6, 6.07) is 6.33. The summed E-state index contributed by atoms with van der Waals surface area (Å²) in [4.78, 5) is 49.7. The van der Waals surface area contributed by atoms with Crippen LogP contribution >= 0.6 is 0 Å². The standard InChI is InChI=1S/C17H10N2O5/c1-19-13-10-8(12(18)9-11(13)17(23)24-16(9)22)14(20)6-4-2-3-5-7(6)15(10)21/h2-5,19H,18H2,1H3. The van der Waals surface area contributed by atoms with Gasteiger partial charge in [0, 0.05) is 17.8 Å². The number of hydrogen-bond donors (Lipinski definition) is 2. The molecule has 0 atom stereocenters. The van der Waals surface area contributed by atoms with E-state index in [0.717, 1.165) is 0 Å². The fourth-order valence-electron chi connectivity index (χ4n) is 3.23. The Balaban J connectivity index is 2.56. The lowest BCUT2D eigenvalue weighted by Gasteiger charge is -2.10. The maximum atomic E-state index is 12.9. The summed E-state index contributed by atoms with van der Waals surface area (Å²) >= 11 is 0. The van der Waals surface area contributed by atoms with Gasteiger partial charge in [0.1, 0.15) is 10.8 Å². The zero-order valence-corrected chi connectivity index (χ0v) is 12.4. The van der Waals surface area contributed by atoms with Gasteiger partial charge in [0.15, 0.2) is 10.9 Å². The van der Waals surface area contributed by atoms with Crippen LogP contribution in [0.5, 0.6) is 0 Å². The van der Waals surface area contributed by atoms with Gasteiger partial charge >= 0.3 is 11.3 Å². The minimum absolute atomic E-state index is 0.0101. The van der Waals surface area contributed by atoms with Gasteiger partial charge in [0.05, 0.1) is 22.1 Å². The van der Waals surface area contributed by atoms with Crippen molar-refractivity contribution in [3.05, 3.63) is 65.6 Å². The van der Waals surface area contributed by atoms with Crippen molar-refractivity contribution in [2.45, 2.75) is 0 Å². The van der Waals surface area contributed by atoms with Crippen molar-refractivity contribution in [3.63, 3.8) is 0 Å². The second-order valence-corrected chi connectivity index (χ2v) is 5.42. The summed E-state index contributed by atoms with van der Waals surface area (Å²) in [5.41, 5.74) is 3.14. The van der Waals surface area contributed by atoms with Crippen molar-refractivity contribution in [2.24, 2.45) is 0 Å². The van der Waals surface area contributed by atoms with E-state index in [0.29, 0.717) is 0 Å². The molecule has 118 valence electrons. The molecule has 3 aromatic carbocycles. The molecule has 0 bridgehead atoms. The molecule has 4 rings (SSSR count). The SMILES string of the molecule is CNc1c2c(=O)oc(=O)c2c(N)c2c(=O)c3ccccc3c(=O)c12. The highest BCUT2D eigenvalue weighted by atomic mass is 16.4. The fraction of sp³-hybridized carbons (Fsp3) is 0.0588. The van der Waals surface area contributed by atoms with Gasteiger partial charge in [0.2, 0.25) is 0 Å². The van der Waals surface area contributed by atoms with Crippen LogP contribution in [0.1, 0.15) is 0 Å². The van der Waals surface area contributed by atoms with Gasteiger partial charge in [-0.15, -0.1) is 0 Å². The number of rotatable bonds is 1. The lowest BCUT2D eigenvalue weighted by molar-refractivity contribution is 0.500. The summed E-state index contributed by atoms with van der Waals surface area (Å²) in [6.45, 7) is 0. The molecule has 0 saturated heterocycles. The van der Waals surface area contributed by atoms with Crippen molar-refractivity contribution < 1.29 is 4.42 Å². The molecule has 1 aromatic heterocycles. The number of hydrogen-bond acceptors (Lipinski definition) is 7. The molecule has 0 aliphatic heterocycles. The third-order valence-electron chi connectivity index (χ3n) is 4.25. The number of benzene rings is 3. The Morgan fingerprint density at radius 3 is 1.96 bits per heavy atom. The summed E-state index contributed by atoms with van der Waals surface area (Å²) < 4.78 is 4.60. The van der Waals surface area contributed by atoms with E-state index in [-0.39, 0.29) is 43.7 Å². The summed E-state index contributed by atoms with van der Waals surface area (Å²) in [7, 11) is 1.49. The molecule has 0 fully saturated rings. The quantitative estimate of drug-likeness (QED) is 0.300. The number of furan rings is 1. The highest BCUT2D eigenvalue weighted by Gasteiger charge is 2.24. The van der Waals surface area contributed by atoms with E-state index < -0.39 is 22.1 Å². The van der Waals surface area contributed by atoms with Gasteiger partial charge in [-0.2, -0.15) is 0 Å². The van der Waals surface area contributed by atoms with E-state index in [2.05, 4.69) is 9.73 Å². The Labute approximate surface area is 132 Å². The van der Waals surface area contributed by atoms with E-state index >= 15 is 0 Å². The van der Waals surface area contributed by atoms with Crippen LogP contribution in [0.15, 0.2) is 47.9 Å². The first-order valence-corrected chi connectivity index (χ1v) is 7.09. The third kappa shape index (κ3) is 1.50. The van der Waals surface area contributed by atoms with Crippen molar-refractivity contribution >= 4 is 43.7 Å². The Hall–Kier alpha value is -3.48. The molecule has 7 heteroatoms. The zero-order valence-electron chi connectivity index (χ0n) is 12.4. The Morgan fingerprint density at radius 2 is 1.38 bits per heavy atom. The smallest absolute Gasteiger partial charge is 0.349 e. The minimum atomic E-state index is -0.925. The van der Waals surface area contributed by atoms with Gasteiger partial charge < -0.3 is 15.5 Å². The molecule has 0 unspecified atom stereocenters. The number of nitrogens with two attached hydrogens (primary N) is 1. The molecule has 3 N–H and O–H groups in total. The molecule has 24 heavy (non-hydrogen) atoms. The van der Waals surface area contributed by atoms with Gasteiger partial charge in [-0.3, -0.25) is 9.59 Å². The molecule has 4 aromatic rings. The van der Waals surface area contributed by atoms with Crippen molar-refractivity contribution in [3.8, 4) is 0 Å². The number of fused-ring (bicyclic) bond motifs is 3. The maximum Gasteiger partial charge on any atom is 0.349 e. The van der Waals surface area contributed by atoms with E-state index in [1.165, 1.54) is 19.2 Å². The van der Waals surface area contributed by atoms with E-state index in [4.69, 9.17) is 5.73 Å². The third-order valence-corrected chi connectivity index (χ3v) is 4.25. The molecular weight excluding hydrogens is 312 g/mol. The number of nitrogen functional groups attached to an aromatic ring is 1. The van der Waals surface area contributed by atoms with Crippen LogP contribution in [0.3, 0.4) is 0 Å². The molecule has 1 heterocycles. The first-order chi connectivity index (χ1) is 11.5. The second kappa shape index (κ2) is 4.51. The fourth-order valence-corrected chi connectivity index (χ4v) is 3.23. The van der Waals surface area contributed by atoms with Crippen molar-refractivity contribution in [1.82, 2.24) is 0 Å². The summed E-state index contributed by atoms with van der Waals surface area (Å²) in [6.07, 6.45) is 0. The van der Waals surface area contributed by atoms with Gasteiger partial charge in [-0.1, -0.05) is 24.3 Å². The number of anilines is 2. The monoisotopic (exact) mass is 322 g/mol. The summed E-state index contributed by atoms with van der Waals surface area (Å²) in [5, 5.41) is 2.79. The van der Waals surface area contributed by atoms with E-state index in [1.54, 1.807) is 12.1 Å². The summed E-state index contributed by atoms with van der Waals surface area (Å²) in [5.74, 6) is 0. The predicted octanol–water partition coefficient (Wildman–Crippen LogP) is 0.679. The highest BCUT2D eigenvalue weighted by Crippen LogP contribution is 2.32. The van der Waals surface area contributed by atoms with Crippen LogP contribution in [0, 0.1) is 0 Å². The Kier molecular flexibility index (Phi) is 2.66. The normalized spacial score (nSPS) is 11.5. The molecular formula is C17H10N2O5. The van der Waals surface area contributed by atoms with Gasteiger partial charge in [-0.25, -0.2) is 9.59 Å². The minimum Gasteiger partial charge on any atom is -0.397 e. The lowest BCUT2D eigenvalue weighted by atomic mass is 9.96. The first-order valence-electron chi connectivity index (χ1n) is 7.09. The molecule has 0 aliphatic carbocycles. The van der Waals surface area contributed by atoms with Crippen LogP contribution in [0.25, 0.3) is 32.3 Å². The molecule has 0 saturated carbocycles. The topological polar surface area (TPSA) is 119 Å². The number of nitrogens with one attached hydrogen (secondary N) is 1. The molecule has 0 aliphatic rings. The van der Waals surface area contributed by atoms with Crippen LogP contribution in [0.4, 0.5) is 11.4 Å². The molecule has 7 nitrogen and oxygen atoms in total. The van der Waals surface area contributed by atoms with Crippen LogP contribution in [-0.4, -0.2) is 7.05 Å².